The minimum Gasteiger partial charge on any atom is -0.465 e. The molecular weight excluding hydrogens is 260 g/mol. The number of rotatable bonds is 6. The fraction of sp³-hybridized carbons (Fsp3) is 0.500. The molecule has 1 aromatic heterocycles. The van der Waals surface area contributed by atoms with Crippen LogP contribution in [0.2, 0.25) is 0 Å². The van der Waals surface area contributed by atoms with Gasteiger partial charge in [0.25, 0.3) is 5.91 Å². The average Bonchev–Trinajstić information content (AvgIpc) is 2.38. The summed E-state index contributed by atoms with van der Waals surface area (Å²) in [4.78, 5) is 38.8. The maximum Gasteiger partial charge on any atom is 0.325 e. The van der Waals surface area contributed by atoms with Gasteiger partial charge in [-0.05, 0) is 18.9 Å². The van der Waals surface area contributed by atoms with Gasteiger partial charge in [0, 0.05) is 18.8 Å². The lowest BCUT2D eigenvalue weighted by atomic mass is 10.1. The highest BCUT2D eigenvalue weighted by Crippen LogP contribution is 2.06. The van der Waals surface area contributed by atoms with E-state index in [4.69, 9.17) is 4.74 Å². The van der Waals surface area contributed by atoms with Gasteiger partial charge in [-0.2, -0.15) is 0 Å². The number of nitrogens with zero attached hydrogens (tertiary/aromatic N) is 1. The first-order valence-electron chi connectivity index (χ1n) is 6.57. The van der Waals surface area contributed by atoms with E-state index in [9.17, 15) is 14.4 Å². The summed E-state index contributed by atoms with van der Waals surface area (Å²) < 4.78 is 4.87. The van der Waals surface area contributed by atoms with Gasteiger partial charge in [-0.1, -0.05) is 13.8 Å². The Morgan fingerprint density at radius 2 is 2.05 bits per heavy atom. The van der Waals surface area contributed by atoms with Gasteiger partial charge < -0.3 is 14.6 Å². The second-order valence-corrected chi connectivity index (χ2v) is 4.83. The monoisotopic (exact) mass is 280 g/mol. The van der Waals surface area contributed by atoms with E-state index in [0.29, 0.717) is 12.1 Å². The Morgan fingerprint density at radius 1 is 1.35 bits per heavy atom. The Hall–Kier alpha value is -2.11. The molecule has 1 rings (SSSR count). The van der Waals surface area contributed by atoms with Crippen LogP contribution in [0.5, 0.6) is 0 Å². The molecule has 6 heteroatoms. The van der Waals surface area contributed by atoms with Crippen LogP contribution in [0.1, 0.15) is 31.1 Å². The minimum atomic E-state index is -0.439. The van der Waals surface area contributed by atoms with Crippen molar-refractivity contribution in [2.45, 2.75) is 20.8 Å². The molecule has 110 valence electrons. The molecule has 0 fully saturated rings. The Balaban J connectivity index is 2.86. The van der Waals surface area contributed by atoms with Crippen LogP contribution in [0, 0.1) is 5.92 Å². The SMILES string of the molecule is CCOC(=O)CN(CC(C)C)C(=O)c1ccc(=O)[nH]c1. The molecule has 0 aliphatic rings. The number of ether oxygens (including phenoxy) is 1. The molecule has 0 radical (unpaired) electrons. The number of hydrogen-bond acceptors (Lipinski definition) is 4. The Kier molecular flexibility index (Phi) is 5.96. The van der Waals surface area contributed by atoms with E-state index in [-0.39, 0.29) is 30.5 Å². The average molecular weight is 280 g/mol. The van der Waals surface area contributed by atoms with E-state index >= 15 is 0 Å². The number of amides is 1. The predicted molar refractivity (Wildman–Crippen MR) is 74.4 cm³/mol. The van der Waals surface area contributed by atoms with Crippen molar-refractivity contribution in [1.82, 2.24) is 9.88 Å². The van der Waals surface area contributed by atoms with Gasteiger partial charge in [0.15, 0.2) is 0 Å². The molecule has 1 N–H and O–H groups in total. The van der Waals surface area contributed by atoms with Crippen LogP contribution >= 0.6 is 0 Å². The Morgan fingerprint density at radius 3 is 2.55 bits per heavy atom. The zero-order valence-corrected chi connectivity index (χ0v) is 12.0. The van der Waals surface area contributed by atoms with Crippen molar-refractivity contribution in [3.63, 3.8) is 0 Å². The normalized spacial score (nSPS) is 10.4. The lowest BCUT2D eigenvalue weighted by Crippen LogP contribution is -2.39. The molecule has 0 atom stereocenters. The molecule has 0 aliphatic carbocycles. The fourth-order valence-corrected chi connectivity index (χ4v) is 1.75. The summed E-state index contributed by atoms with van der Waals surface area (Å²) in [5, 5.41) is 0. The highest BCUT2D eigenvalue weighted by atomic mass is 16.5. The van der Waals surface area contributed by atoms with E-state index in [0.717, 1.165) is 0 Å². The van der Waals surface area contributed by atoms with Gasteiger partial charge >= 0.3 is 5.97 Å². The predicted octanol–water partition coefficient (Wildman–Crippen LogP) is 1.04. The first-order chi connectivity index (χ1) is 9.43. The maximum atomic E-state index is 12.3. The van der Waals surface area contributed by atoms with Crippen LogP contribution in [0.25, 0.3) is 0 Å². The lowest BCUT2D eigenvalue weighted by Gasteiger charge is -2.23. The van der Waals surface area contributed by atoms with Crippen LogP contribution in [-0.4, -0.2) is 41.5 Å². The van der Waals surface area contributed by atoms with Crippen molar-refractivity contribution in [2.24, 2.45) is 5.92 Å². The summed E-state index contributed by atoms with van der Waals surface area (Å²) in [6.07, 6.45) is 1.35. The minimum absolute atomic E-state index is 0.0933. The molecule has 1 heterocycles. The summed E-state index contributed by atoms with van der Waals surface area (Å²) in [6, 6.07) is 2.73. The van der Waals surface area contributed by atoms with Crippen LogP contribution in [0.3, 0.4) is 0 Å². The molecule has 0 spiro atoms. The third-order valence-electron chi connectivity index (χ3n) is 2.53. The summed E-state index contributed by atoms with van der Waals surface area (Å²) in [7, 11) is 0. The van der Waals surface area contributed by atoms with Gasteiger partial charge in [0.2, 0.25) is 5.56 Å². The molecule has 0 unspecified atom stereocenters. The Bertz CT molecular complexity index is 502. The van der Waals surface area contributed by atoms with Crippen molar-refractivity contribution >= 4 is 11.9 Å². The van der Waals surface area contributed by atoms with Crippen molar-refractivity contribution < 1.29 is 14.3 Å². The fourth-order valence-electron chi connectivity index (χ4n) is 1.75. The van der Waals surface area contributed by atoms with Gasteiger partial charge in [-0.15, -0.1) is 0 Å². The third kappa shape index (κ3) is 4.87. The van der Waals surface area contributed by atoms with E-state index < -0.39 is 5.97 Å². The van der Waals surface area contributed by atoms with Gasteiger partial charge in [0.05, 0.1) is 12.2 Å². The van der Waals surface area contributed by atoms with Crippen molar-refractivity contribution in [3.05, 3.63) is 34.2 Å². The molecule has 0 aliphatic heterocycles. The first kappa shape index (κ1) is 15.9. The quantitative estimate of drug-likeness (QED) is 0.789. The summed E-state index contributed by atoms with van der Waals surface area (Å²) in [5.41, 5.74) is 0.0666. The Labute approximate surface area is 117 Å². The second kappa shape index (κ2) is 7.47. The lowest BCUT2D eigenvalue weighted by molar-refractivity contribution is -0.143. The van der Waals surface area contributed by atoms with Gasteiger partial charge in [-0.25, -0.2) is 0 Å². The van der Waals surface area contributed by atoms with E-state index in [1.165, 1.54) is 23.2 Å². The number of aromatic amines is 1. The van der Waals surface area contributed by atoms with Crippen LogP contribution < -0.4 is 5.56 Å². The standard InChI is InChI=1S/C14H20N2O4/c1-4-20-13(18)9-16(8-10(2)3)14(19)11-5-6-12(17)15-7-11/h5-7,10H,4,8-9H2,1-3H3,(H,15,17). The largest absolute Gasteiger partial charge is 0.465 e. The zero-order chi connectivity index (χ0) is 15.1. The second-order valence-electron chi connectivity index (χ2n) is 4.83. The zero-order valence-electron chi connectivity index (χ0n) is 12.0. The molecule has 0 saturated carbocycles. The number of nitrogens with one attached hydrogen (secondary N) is 1. The molecule has 0 saturated heterocycles. The third-order valence-corrected chi connectivity index (χ3v) is 2.53. The summed E-state index contributed by atoms with van der Waals surface area (Å²) in [5.74, 6) is -0.523. The number of H-pyrrole nitrogens is 1. The number of carbonyl (C=O) groups excluding carboxylic acids is 2. The summed E-state index contributed by atoms with van der Waals surface area (Å²) >= 11 is 0. The van der Waals surface area contributed by atoms with Crippen LogP contribution in [0.15, 0.2) is 23.1 Å². The highest BCUT2D eigenvalue weighted by molar-refractivity contribution is 5.95. The number of aromatic nitrogens is 1. The number of pyridine rings is 1. The van der Waals surface area contributed by atoms with E-state index in [1.807, 2.05) is 13.8 Å². The maximum absolute atomic E-state index is 12.3. The van der Waals surface area contributed by atoms with E-state index in [2.05, 4.69) is 4.98 Å². The van der Waals surface area contributed by atoms with Crippen molar-refractivity contribution in [3.8, 4) is 0 Å². The topological polar surface area (TPSA) is 79.5 Å². The van der Waals surface area contributed by atoms with Crippen LogP contribution in [-0.2, 0) is 9.53 Å². The highest BCUT2D eigenvalue weighted by Gasteiger charge is 2.20. The number of esters is 1. The molecule has 0 aromatic carbocycles. The van der Waals surface area contributed by atoms with Crippen LogP contribution in [0.4, 0.5) is 0 Å². The molecule has 6 nitrogen and oxygen atoms in total. The van der Waals surface area contributed by atoms with Crippen molar-refractivity contribution in [1.29, 1.82) is 0 Å². The first-order valence-corrected chi connectivity index (χ1v) is 6.57. The summed E-state index contributed by atoms with van der Waals surface area (Å²) in [6.45, 7) is 6.26. The van der Waals surface area contributed by atoms with Gasteiger partial charge in [-0.3, -0.25) is 14.4 Å². The molecule has 20 heavy (non-hydrogen) atoms. The molecule has 1 amide bonds. The molecule has 0 bridgehead atoms. The van der Waals surface area contributed by atoms with Crippen molar-refractivity contribution in [2.75, 3.05) is 19.7 Å². The molecule has 1 aromatic rings. The van der Waals surface area contributed by atoms with E-state index in [1.54, 1.807) is 6.92 Å². The van der Waals surface area contributed by atoms with Gasteiger partial charge in [0.1, 0.15) is 6.54 Å². The molecular formula is C14H20N2O4. The number of hydrogen-bond donors (Lipinski definition) is 1. The smallest absolute Gasteiger partial charge is 0.325 e. The number of carbonyl (C=O) groups is 2.